The van der Waals surface area contributed by atoms with Gasteiger partial charge in [0, 0.05) is 5.39 Å². The molecule has 0 aliphatic rings. The van der Waals surface area contributed by atoms with E-state index >= 15 is 0 Å². The van der Waals surface area contributed by atoms with Crippen LogP contribution < -0.4 is 0 Å². The average Bonchev–Trinajstić information content (AvgIpc) is 2.15. The van der Waals surface area contributed by atoms with Crippen LogP contribution >= 0.6 is 0 Å². The third kappa shape index (κ3) is 2.51. The number of benzene rings is 1. The van der Waals surface area contributed by atoms with Crippen molar-refractivity contribution in [2.45, 2.75) is 5.75 Å². The molecule has 78 valence electrons. The van der Waals surface area contributed by atoms with Crippen LogP contribution in [0.5, 0.6) is 0 Å². The van der Waals surface area contributed by atoms with Crippen molar-refractivity contribution in [1.29, 1.82) is 0 Å². The van der Waals surface area contributed by atoms with E-state index in [1.807, 2.05) is 18.2 Å². The van der Waals surface area contributed by atoms with Gasteiger partial charge in [0.25, 0.3) is 10.1 Å². The Labute approximate surface area is 87.3 Å². The number of pyridine rings is 1. The molecular formula is C10H9NO3S. The molecule has 0 radical (unpaired) electrons. The molecule has 15 heavy (non-hydrogen) atoms. The fourth-order valence-electron chi connectivity index (χ4n) is 1.38. The first-order chi connectivity index (χ1) is 7.04. The molecule has 2 aromatic rings. The van der Waals surface area contributed by atoms with Gasteiger partial charge < -0.3 is 0 Å². The first-order valence-corrected chi connectivity index (χ1v) is 5.95. The minimum absolute atomic E-state index is 0.344. The second-order valence-electron chi connectivity index (χ2n) is 3.22. The van der Waals surface area contributed by atoms with Gasteiger partial charge in [0.2, 0.25) is 0 Å². The Kier molecular flexibility index (Phi) is 2.42. The van der Waals surface area contributed by atoms with Gasteiger partial charge in [-0.2, -0.15) is 8.42 Å². The quantitative estimate of drug-likeness (QED) is 0.785. The smallest absolute Gasteiger partial charge is 0.270 e. The lowest BCUT2D eigenvalue weighted by molar-refractivity contribution is 0.481. The molecular weight excluding hydrogens is 214 g/mol. The van der Waals surface area contributed by atoms with Crippen LogP contribution in [0.25, 0.3) is 10.9 Å². The zero-order valence-electron chi connectivity index (χ0n) is 7.79. The molecule has 1 N–H and O–H groups in total. The summed E-state index contributed by atoms with van der Waals surface area (Å²) in [6.45, 7) is 0. The Morgan fingerprint density at radius 1 is 1.13 bits per heavy atom. The highest BCUT2D eigenvalue weighted by Crippen LogP contribution is 2.12. The van der Waals surface area contributed by atoms with Crippen LogP contribution in [-0.4, -0.2) is 18.0 Å². The largest absolute Gasteiger partial charge is 0.285 e. The fourth-order valence-corrected chi connectivity index (χ4v) is 1.91. The van der Waals surface area contributed by atoms with Gasteiger partial charge in [0.1, 0.15) is 5.75 Å². The summed E-state index contributed by atoms with van der Waals surface area (Å²) in [7, 11) is -4.01. The van der Waals surface area contributed by atoms with E-state index < -0.39 is 15.9 Å². The van der Waals surface area contributed by atoms with Crippen molar-refractivity contribution in [3.05, 3.63) is 42.1 Å². The summed E-state index contributed by atoms with van der Waals surface area (Å²) < 4.78 is 30.0. The second-order valence-corrected chi connectivity index (χ2v) is 4.67. The third-order valence-corrected chi connectivity index (χ3v) is 2.65. The van der Waals surface area contributed by atoms with Crippen LogP contribution in [0.2, 0.25) is 0 Å². The average molecular weight is 223 g/mol. The predicted octanol–water partition coefficient (Wildman–Crippen LogP) is 1.62. The molecule has 0 saturated heterocycles. The van der Waals surface area contributed by atoms with Gasteiger partial charge in [-0.25, -0.2) is 0 Å². The summed E-state index contributed by atoms with van der Waals surface area (Å²) in [5, 5.41) is 0.941. The molecule has 0 amide bonds. The zero-order valence-corrected chi connectivity index (χ0v) is 8.61. The van der Waals surface area contributed by atoms with E-state index in [2.05, 4.69) is 4.98 Å². The monoisotopic (exact) mass is 223 g/mol. The molecule has 1 aromatic heterocycles. The Morgan fingerprint density at radius 3 is 2.60 bits per heavy atom. The minimum Gasteiger partial charge on any atom is -0.285 e. The Hall–Kier alpha value is -1.46. The lowest BCUT2D eigenvalue weighted by atomic mass is 10.2. The number of nitrogens with zero attached hydrogens (tertiary/aromatic N) is 1. The number of hydrogen-bond donors (Lipinski definition) is 1. The van der Waals surface area contributed by atoms with E-state index in [0.29, 0.717) is 5.69 Å². The van der Waals surface area contributed by atoms with Gasteiger partial charge in [0.05, 0.1) is 11.2 Å². The SMILES string of the molecule is O=S(=O)(O)Cc1ccc2ccccc2n1. The van der Waals surface area contributed by atoms with Crippen molar-refractivity contribution in [2.24, 2.45) is 0 Å². The van der Waals surface area contributed by atoms with Crippen LogP contribution in [0.15, 0.2) is 36.4 Å². The van der Waals surface area contributed by atoms with Gasteiger partial charge in [-0.1, -0.05) is 24.3 Å². The van der Waals surface area contributed by atoms with Gasteiger partial charge in [-0.3, -0.25) is 9.54 Å². The zero-order chi connectivity index (χ0) is 10.9. The molecule has 0 aliphatic carbocycles. The molecule has 1 heterocycles. The van der Waals surface area contributed by atoms with E-state index in [9.17, 15) is 8.42 Å². The van der Waals surface area contributed by atoms with E-state index in [1.165, 1.54) is 0 Å². The Bertz CT molecular complexity index is 592. The highest BCUT2D eigenvalue weighted by atomic mass is 32.2. The highest BCUT2D eigenvalue weighted by Gasteiger charge is 2.07. The first kappa shape index (κ1) is 10.1. The van der Waals surface area contributed by atoms with Crippen molar-refractivity contribution in [2.75, 3.05) is 0 Å². The third-order valence-electron chi connectivity index (χ3n) is 1.99. The number of fused-ring (bicyclic) bond motifs is 1. The number of para-hydroxylation sites is 1. The molecule has 0 atom stereocenters. The van der Waals surface area contributed by atoms with Crippen molar-refractivity contribution in [1.82, 2.24) is 4.98 Å². The number of aromatic nitrogens is 1. The first-order valence-electron chi connectivity index (χ1n) is 4.34. The topological polar surface area (TPSA) is 67.3 Å². The van der Waals surface area contributed by atoms with Crippen molar-refractivity contribution >= 4 is 21.0 Å². The molecule has 5 heteroatoms. The standard InChI is InChI=1S/C10H9NO3S/c12-15(13,14)7-9-6-5-8-3-1-2-4-10(8)11-9/h1-6H,7H2,(H,12,13,14). The molecule has 0 unspecified atom stereocenters. The molecule has 1 aromatic carbocycles. The summed E-state index contributed by atoms with van der Waals surface area (Å²) >= 11 is 0. The maximum Gasteiger partial charge on any atom is 0.270 e. The molecule has 0 fully saturated rings. The maximum absolute atomic E-state index is 10.7. The van der Waals surface area contributed by atoms with Crippen LogP contribution in [0.4, 0.5) is 0 Å². The molecule has 4 nitrogen and oxygen atoms in total. The van der Waals surface area contributed by atoms with Crippen LogP contribution in [0.1, 0.15) is 5.69 Å². The van der Waals surface area contributed by atoms with Crippen molar-refractivity contribution in [3.8, 4) is 0 Å². The van der Waals surface area contributed by atoms with Crippen LogP contribution in [0.3, 0.4) is 0 Å². The normalized spacial score (nSPS) is 11.8. The predicted molar refractivity (Wildman–Crippen MR) is 57.0 cm³/mol. The van der Waals surface area contributed by atoms with Crippen molar-refractivity contribution in [3.63, 3.8) is 0 Å². The lowest BCUT2D eigenvalue weighted by Gasteiger charge is -2.00. The summed E-state index contributed by atoms with van der Waals surface area (Å²) in [6, 6.07) is 10.8. The number of rotatable bonds is 2. The molecule has 0 spiro atoms. The maximum atomic E-state index is 10.7. The van der Waals surface area contributed by atoms with E-state index in [-0.39, 0.29) is 0 Å². The summed E-state index contributed by atoms with van der Waals surface area (Å²) in [5.41, 5.74) is 1.06. The van der Waals surface area contributed by atoms with Gasteiger partial charge >= 0.3 is 0 Å². The second kappa shape index (κ2) is 3.60. The highest BCUT2D eigenvalue weighted by molar-refractivity contribution is 7.85. The molecule has 0 bridgehead atoms. The van der Waals surface area contributed by atoms with E-state index in [1.54, 1.807) is 18.2 Å². The van der Waals surface area contributed by atoms with E-state index in [0.717, 1.165) is 10.9 Å². The molecule has 0 aliphatic heterocycles. The minimum atomic E-state index is -4.01. The molecule has 0 saturated carbocycles. The van der Waals surface area contributed by atoms with Gasteiger partial charge in [-0.05, 0) is 12.1 Å². The summed E-state index contributed by atoms with van der Waals surface area (Å²) in [5.74, 6) is -0.447. The Balaban J connectivity index is 2.48. The molecule has 2 rings (SSSR count). The van der Waals surface area contributed by atoms with Crippen LogP contribution in [-0.2, 0) is 15.9 Å². The summed E-state index contributed by atoms with van der Waals surface area (Å²) in [6.07, 6.45) is 0. The van der Waals surface area contributed by atoms with E-state index in [4.69, 9.17) is 4.55 Å². The summed E-state index contributed by atoms with van der Waals surface area (Å²) in [4.78, 5) is 4.12. The lowest BCUT2D eigenvalue weighted by Crippen LogP contribution is -2.03. The number of hydrogen-bond acceptors (Lipinski definition) is 3. The van der Waals surface area contributed by atoms with Gasteiger partial charge in [0.15, 0.2) is 0 Å². The van der Waals surface area contributed by atoms with Crippen LogP contribution in [0, 0.1) is 0 Å². The van der Waals surface area contributed by atoms with Crippen molar-refractivity contribution < 1.29 is 13.0 Å². The fraction of sp³-hybridized carbons (Fsp3) is 0.100. The van der Waals surface area contributed by atoms with Gasteiger partial charge in [-0.15, -0.1) is 0 Å². The Morgan fingerprint density at radius 2 is 1.87 bits per heavy atom.